The van der Waals surface area contributed by atoms with Crippen molar-refractivity contribution in [3.05, 3.63) is 47.7 Å². The molecule has 0 bridgehead atoms. The van der Waals surface area contributed by atoms with Crippen LogP contribution >= 0.6 is 0 Å². The number of rotatable bonds is 10. The average molecular weight is 706 g/mol. The first kappa shape index (κ1) is 35.4. The van der Waals surface area contributed by atoms with Crippen molar-refractivity contribution in [2.75, 3.05) is 69.2 Å². The number of H-pyrrole nitrogens is 1. The summed E-state index contributed by atoms with van der Waals surface area (Å²) in [4.78, 5) is 37.2. The zero-order valence-corrected chi connectivity index (χ0v) is 30.5. The molecule has 15 nitrogen and oxygen atoms in total. The number of nitrogens with zero attached hydrogens (tertiary/aromatic N) is 8. The molecule has 3 aromatic heterocycles. The van der Waals surface area contributed by atoms with Crippen LogP contribution in [-0.2, 0) is 9.84 Å². The Morgan fingerprint density at radius 3 is 2.42 bits per heavy atom. The molecular formula is C34H47N11O4S. The summed E-state index contributed by atoms with van der Waals surface area (Å²) in [7, 11) is -3.78. The van der Waals surface area contributed by atoms with Crippen molar-refractivity contribution in [2.24, 2.45) is 0 Å². The number of sulfone groups is 1. The van der Waals surface area contributed by atoms with Crippen LogP contribution < -0.4 is 20.3 Å². The summed E-state index contributed by atoms with van der Waals surface area (Å²) in [6, 6.07) is 3.56. The van der Waals surface area contributed by atoms with Crippen LogP contribution in [-0.4, -0.2) is 124 Å². The van der Waals surface area contributed by atoms with Crippen molar-refractivity contribution in [1.29, 1.82) is 0 Å². The molecule has 2 aliphatic rings. The zero-order valence-electron chi connectivity index (χ0n) is 29.7. The average Bonchev–Trinajstić information content (AvgIpc) is 3.41. The van der Waals surface area contributed by atoms with Crippen molar-refractivity contribution in [2.45, 2.75) is 63.6 Å². The maximum Gasteiger partial charge on any atom is 0.257 e. The normalized spacial score (nSPS) is 17.7. The Balaban J connectivity index is 1.07. The largest absolute Gasteiger partial charge is 0.492 e. The second kappa shape index (κ2) is 14.4. The lowest BCUT2D eigenvalue weighted by Crippen LogP contribution is -2.51. The highest BCUT2D eigenvalue weighted by Gasteiger charge is 2.34. The van der Waals surface area contributed by atoms with Crippen molar-refractivity contribution >= 4 is 44.2 Å². The molecule has 5 heterocycles. The fourth-order valence-electron chi connectivity index (χ4n) is 6.07. The summed E-state index contributed by atoms with van der Waals surface area (Å²) in [6.45, 7) is 17.4. The molecule has 0 radical (unpaired) electrons. The quantitative estimate of drug-likeness (QED) is 0.206. The van der Waals surface area contributed by atoms with Gasteiger partial charge >= 0.3 is 0 Å². The third kappa shape index (κ3) is 7.51. The van der Waals surface area contributed by atoms with Crippen LogP contribution in [0, 0.1) is 13.8 Å². The maximum absolute atomic E-state index is 13.8. The number of carbonyl (C=O) groups excluding carboxylic acids is 1. The van der Waals surface area contributed by atoms with Gasteiger partial charge in [-0.2, -0.15) is 5.10 Å². The summed E-state index contributed by atoms with van der Waals surface area (Å²) in [5, 5.41) is 14.4. The van der Waals surface area contributed by atoms with Gasteiger partial charge in [0.05, 0.1) is 22.4 Å². The minimum Gasteiger partial charge on any atom is -0.492 e. The monoisotopic (exact) mass is 705 g/mol. The Morgan fingerprint density at radius 2 is 1.76 bits per heavy atom. The highest BCUT2D eigenvalue weighted by atomic mass is 32.2. The second-order valence-corrected chi connectivity index (χ2v) is 16.7. The van der Waals surface area contributed by atoms with Gasteiger partial charge in [-0.3, -0.25) is 14.8 Å². The number of carbonyl (C=O) groups is 1. The number of ether oxygens (including phenoxy) is 1. The first-order valence-corrected chi connectivity index (χ1v) is 18.6. The van der Waals surface area contributed by atoms with Crippen LogP contribution in [0.5, 0.6) is 5.75 Å². The van der Waals surface area contributed by atoms with Crippen LogP contribution in [0.4, 0.5) is 17.6 Å². The predicted octanol–water partition coefficient (Wildman–Crippen LogP) is 3.10. The Morgan fingerprint density at radius 1 is 1.02 bits per heavy atom. The molecule has 2 saturated heterocycles. The smallest absolute Gasteiger partial charge is 0.257 e. The molecular weight excluding hydrogens is 659 g/mol. The van der Waals surface area contributed by atoms with Gasteiger partial charge in [0.25, 0.3) is 5.91 Å². The lowest BCUT2D eigenvalue weighted by atomic mass is 10.2. The van der Waals surface area contributed by atoms with E-state index in [1.54, 1.807) is 45.3 Å². The SMILES string of the molecule is Cc1[nH]nc(Nc2ncnc3cc(OCCCN4CCN(c5ncc(C(=O)N6CCNC(C)C6)cn5)CC4)c(S(=O)(=O)C(C)(C)C)cc23)c1C. The van der Waals surface area contributed by atoms with Gasteiger partial charge in [0.1, 0.15) is 22.8 Å². The van der Waals surface area contributed by atoms with E-state index >= 15 is 0 Å². The number of fused-ring (bicyclic) bond motifs is 1. The van der Waals surface area contributed by atoms with Gasteiger partial charge in [-0.1, -0.05) is 0 Å². The van der Waals surface area contributed by atoms with Gasteiger partial charge in [0.15, 0.2) is 15.7 Å². The summed E-state index contributed by atoms with van der Waals surface area (Å²) < 4.78 is 32.8. The maximum atomic E-state index is 13.8. The van der Waals surface area contributed by atoms with E-state index in [1.807, 2.05) is 18.7 Å². The number of hydrogen-bond acceptors (Lipinski definition) is 13. The van der Waals surface area contributed by atoms with Crippen molar-refractivity contribution in [1.82, 2.24) is 45.2 Å². The van der Waals surface area contributed by atoms with Crippen molar-refractivity contribution in [3.8, 4) is 5.75 Å². The molecule has 1 unspecified atom stereocenters. The Kier molecular flexibility index (Phi) is 10.2. The van der Waals surface area contributed by atoms with E-state index < -0.39 is 14.6 Å². The molecule has 0 spiro atoms. The minimum absolute atomic E-state index is 0.0332. The molecule has 1 atom stereocenters. The van der Waals surface area contributed by atoms with Gasteiger partial charge in [0.2, 0.25) is 5.95 Å². The number of hydrogen-bond donors (Lipinski definition) is 3. The first-order chi connectivity index (χ1) is 23.8. The van der Waals surface area contributed by atoms with Crippen LogP contribution in [0.3, 0.4) is 0 Å². The predicted molar refractivity (Wildman–Crippen MR) is 192 cm³/mol. The molecule has 3 N–H and O–H groups in total. The molecule has 0 saturated carbocycles. The molecule has 0 aliphatic carbocycles. The molecule has 1 aromatic carbocycles. The highest BCUT2D eigenvalue weighted by molar-refractivity contribution is 7.92. The van der Waals surface area contributed by atoms with E-state index in [0.29, 0.717) is 60.2 Å². The number of amides is 1. The van der Waals surface area contributed by atoms with Crippen LogP contribution in [0.2, 0.25) is 0 Å². The van der Waals surface area contributed by atoms with E-state index in [0.717, 1.165) is 50.5 Å². The molecule has 2 aliphatic heterocycles. The summed E-state index contributed by atoms with van der Waals surface area (Å²) in [5.74, 6) is 1.94. The van der Waals surface area contributed by atoms with E-state index in [1.165, 1.54) is 6.33 Å². The van der Waals surface area contributed by atoms with E-state index in [4.69, 9.17) is 4.74 Å². The van der Waals surface area contributed by atoms with Gasteiger partial charge in [-0.15, -0.1) is 0 Å². The molecule has 4 aromatic rings. The third-order valence-corrected chi connectivity index (χ3v) is 11.9. The van der Waals surface area contributed by atoms with Crippen molar-refractivity contribution in [3.63, 3.8) is 0 Å². The summed E-state index contributed by atoms with van der Waals surface area (Å²) in [5.41, 5.74) is 2.94. The topological polar surface area (TPSA) is 174 Å². The molecule has 16 heteroatoms. The summed E-state index contributed by atoms with van der Waals surface area (Å²) in [6.07, 6.45) is 5.41. The van der Waals surface area contributed by atoms with Crippen LogP contribution in [0.15, 0.2) is 35.7 Å². The zero-order chi connectivity index (χ0) is 35.6. The number of nitrogens with one attached hydrogen (secondary N) is 3. The Labute approximate surface area is 293 Å². The van der Waals surface area contributed by atoms with E-state index in [-0.39, 0.29) is 22.6 Å². The lowest BCUT2D eigenvalue weighted by Gasteiger charge is -2.34. The first-order valence-electron chi connectivity index (χ1n) is 17.1. The molecule has 6 rings (SSSR count). The fourth-order valence-corrected chi connectivity index (χ4v) is 7.39. The van der Waals surface area contributed by atoms with Gasteiger partial charge < -0.3 is 25.2 Å². The Bertz CT molecular complexity index is 1940. The van der Waals surface area contributed by atoms with E-state index in [2.05, 4.69) is 57.5 Å². The Hall–Kier alpha value is -4.41. The number of aryl methyl sites for hydroxylation is 1. The second-order valence-electron chi connectivity index (χ2n) is 14.0. The molecule has 1 amide bonds. The van der Waals surface area contributed by atoms with E-state index in [9.17, 15) is 13.2 Å². The van der Waals surface area contributed by atoms with Gasteiger partial charge in [-0.05, 0) is 54.0 Å². The summed E-state index contributed by atoms with van der Waals surface area (Å²) >= 11 is 0. The number of anilines is 3. The molecule has 268 valence electrons. The highest BCUT2D eigenvalue weighted by Crippen LogP contribution is 2.37. The molecule has 50 heavy (non-hydrogen) atoms. The molecule has 2 fully saturated rings. The fraction of sp³-hybridized carbons (Fsp3) is 0.529. The lowest BCUT2D eigenvalue weighted by molar-refractivity contribution is 0.0708. The minimum atomic E-state index is -3.78. The number of benzene rings is 1. The van der Waals surface area contributed by atoms with Crippen LogP contribution in [0.25, 0.3) is 10.9 Å². The van der Waals surface area contributed by atoms with Crippen molar-refractivity contribution < 1.29 is 17.9 Å². The number of piperazine rings is 2. The standard InChI is InChI=1S/C34H47N11O4S/c1-22-20-45(10-8-35-22)32(46)25-18-36-33(37-19-25)44-13-11-43(12-14-44)9-7-15-49-28-17-27-26(16-29(28)50(47,48)34(4,5)6)31(39-21-38-27)40-30-23(2)24(3)41-42-30/h16-19,21-22,35H,7-15,20H2,1-6H3,(H2,38,39,40,41,42). The number of aromatic amines is 1. The van der Waals surface area contributed by atoms with Gasteiger partial charge in [0, 0.05) is 93.5 Å². The van der Waals surface area contributed by atoms with Gasteiger partial charge in [-0.25, -0.2) is 28.4 Å². The number of aromatic nitrogens is 6. The van der Waals surface area contributed by atoms with Crippen LogP contribution in [0.1, 0.15) is 55.7 Å². The third-order valence-electron chi connectivity index (χ3n) is 9.36.